The molecule has 128 valence electrons. The van der Waals surface area contributed by atoms with E-state index >= 15 is 0 Å². The van der Waals surface area contributed by atoms with Crippen molar-refractivity contribution in [3.63, 3.8) is 0 Å². The molecule has 0 bridgehead atoms. The lowest BCUT2D eigenvalue weighted by Crippen LogP contribution is -2.28. The number of hydrogen-bond donors (Lipinski definition) is 2. The fourth-order valence-corrected chi connectivity index (χ4v) is 2.81. The highest BCUT2D eigenvalue weighted by molar-refractivity contribution is 5.89. The molecule has 3 heterocycles. The maximum Gasteiger partial charge on any atom is 0.261 e. The van der Waals surface area contributed by atoms with E-state index in [0.717, 1.165) is 12.8 Å². The molecule has 1 aliphatic heterocycles. The number of carbonyl (C=O) groups excluding carboxylic acids is 1. The Morgan fingerprint density at radius 2 is 2.28 bits per heavy atom. The number of aromatic nitrogens is 5. The van der Waals surface area contributed by atoms with Gasteiger partial charge < -0.3 is 4.74 Å². The van der Waals surface area contributed by atoms with Crippen molar-refractivity contribution in [2.45, 2.75) is 25.5 Å². The van der Waals surface area contributed by atoms with Crippen LogP contribution >= 0.6 is 0 Å². The molecule has 1 atom stereocenters. The Morgan fingerprint density at radius 1 is 1.40 bits per heavy atom. The highest BCUT2D eigenvalue weighted by Crippen LogP contribution is 2.25. The summed E-state index contributed by atoms with van der Waals surface area (Å²) in [6, 6.07) is 7.00. The Labute approximate surface area is 142 Å². The van der Waals surface area contributed by atoms with E-state index in [1.807, 2.05) is 0 Å². The number of hydrogen-bond acceptors (Lipinski definition) is 6. The molecule has 1 fully saturated rings. The third-order valence-corrected chi connectivity index (χ3v) is 4.03. The maximum absolute atomic E-state index is 12.4. The average Bonchev–Trinajstić information content (AvgIpc) is 3.29. The first-order valence-electron chi connectivity index (χ1n) is 7.98. The van der Waals surface area contributed by atoms with Crippen LogP contribution in [0.4, 0.5) is 5.95 Å². The fraction of sp³-hybridized carbons (Fsp3) is 0.312. The van der Waals surface area contributed by atoms with Gasteiger partial charge in [0.1, 0.15) is 12.6 Å². The Kier molecular flexibility index (Phi) is 3.98. The van der Waals surface area contributed by atoms with Crippen molar-refractivity contribution in [2.24, 2.45) is 0 Å². The van der Waals surface area contributed by atoms with Crippen LogP contribution in [0.3, 0.4) is 0 Å². The number of aromatic amines is 1. The van der Waals surface area contributed by atoms with E-state index in [2.05, 4.69) is 25.5 Å². The lowest BCUT2D eigenvalue weighted by atomic mass is 10.2. The Bertz CT molecular complexity index is 973. The standard InChI is InChI=1S/C16H16N6O3/c23-13(18-16-19-14(20-21-16)12-6-3-7-25-12)8-22-9-17-11-5-2-1-4-10(11)15(22)24/h1-2,4-5,9,12H,3,6-8H2,(H2,18,19,20,21,23)/t12-/m0/s1. The number of nitrogens with zero attached hydrogens (tertiary/aromatic N) is 4. The molecule has 0 aliphatic carbocycles. The van der Waals surface area contributed by atoms with Gasteiger partial charge in [0.2, 0.25) is 11.9 Å². The quantitative estimate of drug-likeness (QED) is 0.732. The van der Waals surface area contributed by atoms with Crippen molar-refractivity contribution >= 4 is 22.8 Å². The number of amides is 1. The summed E-state index contributed by atoms with van der Waals surface area (Å²) in [5.41, 5.74) is 0.329. The third-order valence-electron chi connectivity index (χ3n) is 4.03. The van der Waals surface area contributed by atoms with Crippen molar-refractivity contribution < 1.29 is 9.53 Å². The molecule has 0 spiro atoms. The zero-order chi connectivity index (χ0) is 17.2. The van der Waals surface area contributed by atoms with Crippen molar-refractivity contribution in [3.8, 4) is 0 Å². The smallest absolute Gasteiger partial charge is 0.261 e. The second-order valence-electron chi connectivity index (χ2n) is 5.79. The predicted octanol–water partition coefficient (Wildman–Crippen LogP) is 1.00. The number of carbonyl (C=O) groups is 1. The molecule has 25 heavy (non-hydrogen) atoms. The van der Waals surface area contributed by atoms with Gasteiger partial charge in [-0.05, 0) is 25.0 Å². The van der Waals surface area contributed by atoms with Crippen LogP contribution in [0.25, 0.3) is 10.9 Å². The first-order chi connectivity index (χ1) is 12.2. The molecular weight excluding hydrogens is 324 g/mol. The van der Waals surface area contributed by atoms with Gasteiger partial charge in [0, 0.05) is 6.61 Å². The number of rotatable bonds is 4. The predicted molar refractivity (Wildman–Crippen MR) is 88.9 cm³/mol. The molecule has 1 aliphatic rings. The van der Waals surface area contributed by atoms with Crippen LogP contribution in [-0.4, -0.2) is 37.2 Å². The van der Waals surface area contributed by atoms with E-state index in [0.29, 0.717) is 23.3 Å². The minimum Gasteiger partial charge on any atom is -0.370 e. The van der Waals surface area contributed by atoms with E-state index < -0.39 is 5.91 Å². The number of para-hydroxylation sites is 1. The second kappa shape index (κ2) is 6.44. The number of anilines is 1. The highest BCUT2D eigenvalue weighted by atomic mass is 16.5. The van der Waals surface area contributed by atoms with Crippen LogP contribution in [0.2, 0.25) is 0 Å². The van der Waals surface area contributed by atoms with Crippen LogP contribution < -0.4 is 10.9 Å². The monoisotopic (exact) mass is 340 g/mol. The molecule has 1 saturated heterocycles. The molecule has 9 heteroatoms. The lowest BCUT2D eigenvalue weighted by Gasteiger charge is -2.06. The Morgan fingerprint density at radius 3 is 3.12 bits per heavy atom. The molecule has 9 nitrogen and oxygen atoms in total. The molecule has 0 radical (unpaired) electrons. The third kappa shape index (κ3) is 3.13. The minimum absolute atomic E-state index is 0.106. The molecule has 0 saturated carbocycles. The van der Waals surface area contributed by atoms with Gasteiger partial charge >= 0.3 is 0 Å². The molecule has 3 aromatic rings. The van der Waals surface area contributed by atoms with Gasteiger partial charge in [-0.2, -0.15) is 4.98 Å². The molecular formula is C16H16N6O3. The molecule has 0 unspecified atom stereocenters. The summed E-state index contributed by atoms with van der Waals surface area (Å²) in [6.07, 6.45) is 3.11. The maximum atomic E-state index is 12.4. The van der Waals surface area contributed by atoms with Crippen LogP contribution in [0.5, 0.6) is 0 Å². The normalized spacial score (nSPS) is 17.0. The van der Waals surface area contributed by atoms with Gasteiger partial charge in [0.25, 0.3) is 5.56 Å². The average molecular weight is 340 g/mol. The second-order valence-corrected chi connectivity index (χ2v) is 5.79. The van der Waals surface area contributed by atoms with Gasteiger partial charge in [0.05, 0.1) is 17.2 Å². The van der Waals surface area contributed by atoms with Gasteiger partial charge in [0.15, 0.2) is 5.82 Å². The fourth-order valence-electron chi connectivity index (χ4n) is 2.81. The molecule has 4 rings (SSSR count). The first-order valence-corrected chi connectivity index (χ1v) is 7.98. The number of nitrogens with one attached hydrogen (secondary N) is 2. The van der Waals surface area contributed by atoms with Gasteiger partial charge in [-0.25, -0.2) is 4.98 Å². The van der Waals surface area contributed by atoms with Crippen LogP contribution in [0.1, 0.15) is 24.8 Å². The molecule has 1 amide bonds. The zero-order valence-electron chi connectivity index (χ0n) is 13.3. The number of benzene rings is 1. The van der Waals surface area contributed by atoms with Crippen LogP contribution in [0.15, 0.2) is 35.4 Å². The van der Waals surface area contributed by atoms with Crippen molar-refractivity contribution in [1.82, 2.24) is 24.7 Å². The molecule has 2 aromatic heterocycles. The summed E-state index contributed by atoms with van der Waals surface area (Å²) in [6.45, 7) is 0.533. The summed E-state index contributed by atoms with van der Waals surface area (Å²) in [5, 5.41) is 9.78. The SMILES string of the molecule is O=C(Cn1cnc2ccccc2c1=O)Nc1n[nH]c([C@@H]2CCCO2)n1. The van der Waals surface area contributed by atoms with Gasteiger partial charge in [-0.15, -0.1) is 5.10 Å². The van der Waals surface area contributed by atoms with E-state index in [9.17, 15) is 9.59 Å². The van der Waals surface area contributed by atoms with Crippen LogP contribution in [-0.2, 0) is 16.1 Å². The van der Waals surface area contributed by atoms with E-state index in [1.54, 1.807) is 24.3 Å². The summed E-state index contributed by atoms with van der Waals surface area (Å²) >= 11 is 0. The number of fused-ring (bicyclic) bond motifs is 1. The van der Waals surface area contributed by atoms with Crippen molar-refractivity contribution in [3.05, 3.63) is 46.8 Å². The summed E-state index contributed by atoms with van der Waals surface area (Å²) in [5.74, 6) is 0.353. The van der Waals surface area contributed by atoms with Crippen molar-refractivity contribution in [2.75, 3.05) is 11.9 Å². The number of ether oxygens (including phenoxy) is 1. The van der Waals surface area contributed by atoms with Crippen LogP contribution in [0, 0.1) is 0 Å². The van der Waals surface area contributed by atoms with E-state index in [4.69, 9.17) is 4.74 Å². The topological polar surface area (TPSA) is 115 Å². The zero-order valence-corrected chi connectivity index (χ0v) is 13.3. The van der Waals surface area contributed by atoms with E-state index in [-0.39, 0.29) is 24.2 Å². The first kappa shape index (κ1) is 15.5. The van der Waals surface area contributed by atoms with E-state index in [1.165, 1.54) is 10.9 Å². The Hall–Kier alpha value is -3.07. The molecule has 2 N–H and O–H groups in total. The largest absolute Gasteiger partial charge is 0.370 e. The van der Waals surface area contributed by atoms with Crippen molar-refractivity contribution in [1.29, 1.82) is 0 Å². The molecule has 1 aromatic carbocycles. The lowest BCUT2D eigenvalue weighted by molar-refractivity contribution is -0.116. The van der Waals surface area contributed by atoms with Gasteiger partial charge in [-0.1, -0.05) is 12.1 Å². The highest BCUT2D eigenvalue weighted by Gasteiger charge is 2.21. The minimum atomic E-state index is -0.405. The summed E-state index contributed by atoms with van der Waals surface area (Å²) < 4.78 is 6.76. The summed E-state index contributed by atoms with van der Waals surface area (Å²) in [7, 11) is 0. The summed E-state index contributed by atoms with van der Waals surface area (Å²) in [4.78, 5) is 33.0. The Balaban J connectivity index is 1.47. The van der Waals surface area contributed by atoms with Gasteiger partial charge in [-0.3, -0.25) is 24.6 Å². The number of H-pyrrole nitrogens is 1.